The third kappa shape index (κ3) is 5.10. The van der Waals surface area contributed by atoms with Crippen LogP contribution in [0, 0.1) is 0 Å². The van der Waals surface area contributed by atoms with Crippen molar-refractivity contribution < 1.29 is 14.3 Å². The number of anilines is 1. The summed E-state index contributed by atoms with van der Waals surface area (Å²) in [5, 5.41) is 5.84. The Labute approximate surface area is 165 Å². The Morgan fingerprint density at radius 2 is 1.96 bits per heavy atom. The molecule has 1 heterocycles. The minimum Gasteiger partial charge on any atom is -0.376 e. The molecule has 0 saturated carbocycles. The van der Waals surface area contributed by atoms with E-state index in [1.54, 1.807) is 24.1 Å². The Balaban J connectivity index is 1.60. The molecule has 3 amide bonds. The first-order valence-electron chi connectivity index (χ1n) is 9.63. The maximum atomic E-state index is 12.5. The number of hydrogen-bond donors (Lipinski definition) is 2. The monoisotopic (exact) mass is 381 g/mol. The van der Waals surface area contributed by atoms with Gasteiger partial charge in [0.25, 0.3) is 5.91 Å². The van der Waals surface area contributed by atoms with Crippen molar-refractivity contribution in [1.82, 2.24) is 10.2 Å². The summed E-state index contributed by atoms with van der Waals surface area (Å²) >= 11 is 0. The third-order valence-corrected chi connectivity index (χ3v) is 5.07. The predicted molar refractivity (Wildman–Crippen MR) is 109 cm³/mol. The van der Waals surface area contributed by atoms with Crippen molar-refractivity contribution in [1.29, 1.82) is 0 Å². The number of nitrogens with zero attached hydrogens (tertiary/aromatic N) is 1. The zero-order valence-corrected chi connectivity index (χ0v) is 16.4. The van der Waals surface area contributed by atoms with Gasteiger partial charge in [-0.3, -0.25) is 4.79 Å². The van der Waals surface area contributed by atoms with E-state index in [1.165, 1.54) is 0 Å². The second-order valence-electron chi connectivity index (χ2n) is 7.05. The number of urea groups is 1. The number of rotatable bonds is 6. The maximum Gasteiger partial charge on any atom is 0.317 e. The van der Waals surface area contributed by atoms with E-state index in [-0.39, 0.29) is 24.1 Å². The highest BCUT2D eigenvalue weighted by atomic mass is 16.5. The molecule has 2 aromatic rings. The molecule has 1 fully saturated rings. The van der Waals surface area contributed by atoms with Crippen molar-refractivity contribution in [3.8, 4) is 0 Å². The minimum atomic E-state index is -0.159. The Kier molecular flexibility index (Phi) is 6.66. The largest absolute Gasteiger partial charge is 0.376 e. The van der Waals surface area contributed by atoms with Crippen molar-refractivity contribution in [3.63, 3.8) is 0 Å². The number of carbonyl (C=O) groups is 2. The Bertz CT molecular complexity index is 804. The molecule has 0 unspecified atom stereocenters. The van der Waals surface area contributed by atoms with Crippen LogP contribution in [0.5, 0.6) is 0 Å². The molecule has 2 aromatic carbocycles. The molecule has 1 saturated heterocycles. The summed E-state index contributed by atoms with van der Waals surface area (Å²) in [5.74, 6) is -0.159. The van der Waals surface area contributed by atoms with Gasteiger partial charge in [0.05, 0.1) is 12.1 Å². The average Bonchev–Trinajstić information content (AvgIpc) is 3.25. The SMILES string of the molecule is C[C@H](c1cccc(NC(=O)c2ccccc2)c1)N(C)C(=O)NC[C@@H]1CCCO1. The van der Waals surface area contributed by atoms with Gasteiger partial charge in [0.1, 0.15) is 0 Å². The summed E-state index contributed by atoms with van der Waals surface area (Å²) in [7, 11) is 1.77. The number of ether oxygens (including phenoxy) is 1. The third-order valence-electron chi connectivity index (χ3n) is 5.07. The molecule has 3 rings (SSSR count). The van der Waals surface area contributed by atoms with Gasteiger partial charge >= 0.3 is 6.03 Å². The van der Waals surface area contributed by atoms with E-state index in [0.29, 0.717) is 17.8 Å². The zero-order chi connectivity index (χ0) is 19.9. The number of hydrogen-bond acceptors (Lipinski definition) is 3. The Morgan fingerprint density at radius 3 is 2.68 bits per heavy atom. The average molecular weight is 381 g/mol. The summed E-state index contributed by atoms with van der Waals surface area (Å²) in [5.41, 5.74) is 2.25. The minimum absolute atomic E-state index is 0.115. The van der Waals surface area contributed by atoms with Crippen LogP contribution < -0.4 is 10.6 Å². The van der Waals surface area contributed by atoms with E-state index >= 15 is 0 Å². The highest BCUT2D eigenvalue weighted by Crippen LogP contribution is 2.22. The zero-order valence-electron chi connectivity index (χ0n) is 16.4. The van der Waals surface area contributed by atoms with Crippen LogP contribution in [0.4, 0.5) is 10.5 Å². The van der Waals surface area contributed by atoms with Crippen LogP contribution in [-0.2, 0) is 4.74 Å². The molecule has 6 heteroatoms. The molecule has 0 aromatic heterocycles. The molecule has 0 bridgehead atoms. The smallest absolute Gasteiger partial charge is 0.317 e. The second-order valence-corrected chi connectivity index (χ2v) is 7.05. The lowest BCUT2D eigenvalue weighted by molar-refractivity contribution is 0.102. The number of nitrogens with one attached hydrogen (secondary N) is 2. The van der Waals surface area contributed by atoms with E-state index in [2.05, 4.69) is 10.6 Å². The summed E-state index contributed by atoms with van der Waals surface area (Å²) in [6.45, 7) is 3.26. The van der Waals surface area contributed by atoms with E-state index in [4.69, 9.17) is 4.74 Å². The topological polar surface area (TPSA) is 70.7 Å². The van der Waals surface area contributed by atoms with Crippen molar-refractivity contribution in [2.24, 2.45) is 0 Å². The van der Waals surface area contributed by atoms with Gasteiger partial charge < -0.3 is 20.3 Å². The summed E-state index contributed by atoms with van der Waals surface area (Å²) in [4.78, 5) is 26.5. The molecule has 0 spiro atoms. The molecular formula is C22H27N3O3. The van der Waals surface area contributed by atoms with Crippen LogP contribution in [-0.4, -0.2) is 43.1 Å². The van der Waals surface area contributed by atoms with Gasteiger partial charge in [-0.05, 0) is 49.6 Å². The molecule has 0 radical (unpaired) electrons. The lowest BCUT2D eigenvalue weighted by Gasteiger charge is -2.26. The van der Waals surface area contributed by atoms with Gasteiger partial charge in [-0.2, -0.15) is 0 Å². The van der Waals surface area contributed by atoms with Crippen LogP contribution in [0.2, 0.25) is 0 Å². The molecule has 1 aliphatic rings. The number of amides is 3. The molecule has 2 atom stereocenters. The Morgan fingerprint density at radius 1 is 1.18 bits per heavy atom. The van der Waals surface area contributed by atoms with E-state index in [1.807, 2.05) is 49.4 Å². The van der Waals surface area contributed by atoms with Gasteiger partial charge in [-0.15, -0.1) is 0 Å². The highest BCUT2D eigenvalue weighted by Gasteiger charge is 2.21. The highest BCUT2D eigenvalue weighted by molar-refractivity contribution is 6.04. The fourth-order valence-corrected chi connectivity index (χ4v) is 3.20. The lowest BCUT2D eigenvalue weighted by atomic mass is 10.1. The van der Waals surface area contributed by atoms with Gasteiger partial charge in [0.15, 0.2) is 0 Å². The fraction of sp³-hybridized carbons (Fsp3) is 0.364. The predicted octanol–water partition coefficient (Wildman–Crippen LogP) is 3.82. The first-order valence-corrected chi connectivity index (χ1v) is 9.63. The van der Waals surface area contributed by atoms with Crippen molar-refractivity contribution in [2.75, 3.05) is 25.5 Å². The fourth-order valence-electron chi connectivity index (χ4n) is 3.20. The first-order chi connectivity index (χ1) is 13.5. The van der Waals surface area contributed by atoms with Gasteiger partial charge in [-0.1, -0.05) is 30.3 Å². The number of benzene rings is 2. The van der Waals surface area contributed by atoms with Crippen LogP contribution in [0.3, 0.4) is 0 Å². The van der Waals surface area contributed by atoms with E-state index < -0.39 is 0 Å². The summed E-state index contributed by atoms with van der Waals surface area (Å²) < 4.78 is 5.54. The quantitative estimate of drug-likeness (QED) is 0.799. The van der Waals surface area contributed by atoms with Crippen molar-refractivity contribution in [2.45, 2.75) is 31.9 Å². The standard InChI is InChI=1S/C22H27N3O3/c1-16(25(2)22(27)23-15-20-12-7-13-28-20)18-10-6-11-19(14-18)24-21(26)17-8-4-3-5-9-17/h3-6,8-11,14,16,20H,7,12-13,15H2,1-2H3,(H,23,27)(H,24,26)/t16-,20+/m1/s1. The first kappa shape index (κ1) is 19.9. The Hall–Kier alpha value is -2.86. The maximum absolute atomic E-state index is 12.5. The van der Waals surface area contributed by atoms with E-state index in [9.17, 15) is 9.59 Å². The van der Waals surface area contributed by atoms with Crippen LogP contribution in [0.1, 0.15) is 41.7 Å². The lowest BCUT2D eigenvalue weighted by Crippen LogP contribution is -2.41. The summed E-state index contributed by atoms with van der Waals surface area (Å²) in [6, 6.07) is 16.4. The van der Waals surface area contributed by atoms with E-state index in [0.717, 1.165) is 25.0 Å². The molecule has 6 nitrogen and oxygen atoms in total. The molecule has 28 heavy (non-hydrogen) atoms. The molecule has 0 aliphatic carbocycles. The van der Waals surface area contributed by atoms with Crippen LogP contribution in [0.15, 0.2) is 54.6 Å². The molecule has 148 valence electrons. The van der Waals surface area contributed by atoms with Gasteiger partial charge in [0.2, 0.25) is 0 Å². The molecule has 1 aliphatic heterocycles. The van der Waals surface area contributed by atoms with Crippen LogP contribution in [0.25, 0.3) is 0 Å². The summed E-state index contributed by atoms with van der Waals surface area (Å²) in [6.07, 6.45) is 2.15. The number of carbonyl (C=O) groups excluding carboxylic acids is 2. The van der Waals surface area contributed by atoms with Crippen molar-refractivity contribution >= 4 is 17.6 Å². The molecular weight excluding hydrogens is 354 g/mol. The molecule has 2 N–H and O–H groups in total. The van der Waals surface area contributed by atoms with Gasteiger partial charge in [-0.25, -0.2) is 4.79 Å². The van der Waals surface area contributed by atoms with Gasteiger partial charge in [0, 0.05) is 31.5 Å². The van der Waals surface area contributed by atoms with Crippen LogP contribution >= 0.6 is 0 Å². The second kappa shape index (κ2) is 9.37. The normalized spacial score (nSPS) is 17.0. The van der Waals surface area contributed by atoms with Crippen molar-refractivity contribution in [3.05, 3.63) is 65.7 Å².